The quantitative estimate of drug-likeness (QED) is 0.614. The summed E-state index contributed by atoms with van der Waals surface area (Å²) in [5, 5.41) is 19.9. The summed E-state index contributed by atoms with van der Waals surface area (Å²) in [7, 11) is 0. The summed E-state index contributed by atoms with van der Waals surface area (Å²) >= 11 is 0. The maximum absolute atomic E-state index is 11.1. The molecule has 0 radical (unpaired) electrons. The topological polar surface area (TPSA) is 90.6 Å². The maximum atomic E-state index is 11.1. The fourth-order valence-electron chi connectivity index (χ4n) is 1.25. The minimum absolute atomic E-state index is 0. The van der Waals surface area contributed by atoms with Gasteiger partial charge in [-0.2, -0.15) is 0 Å². The molecule has 86 valence electrons. The normalized spacial score (nSPS) is 9.75. The van der Waals surface area contributed by atoms with Crippen LogP contribution >= 0.6 is 0 Å². The zero-order valence-electron chi connectivity index (χ0n) is 7.69. The molecule has 0 spiro atoms. The molecule has 0 saturated heterocycles. The summed E-state index contributed by atoms with van der Waals surface area (Å²) in [6, 6.07) is 4.92. The minimum atomic E-state index is -1.37. The van der Waals surface area contributed by atoms with Crippen LogP contribution in [0.4, 0.5) is 0 Å². The van der Waals surface area contributed by atoms with Crippen LogP contribution in [0, 0.1) is 0 Å². The average molecular weight is 313 g/mol. The second-order valence-corrected chi connectivity index (χ2v) is 2.95. The summed E-state index contributed by atoms with van der Waals surface area (Å²) < 4.78 is 4.73. The number of carbonyl (C=O) groups is 1. The fraction of sp³-hybridized carbons (Fsp3) is 0. The number of benzene rings is 1. The largest absolute Gasteiger partial charge is 1.00 e. The summed E-state index contributed by atoms with van der Waals surface area (Å²) in [6.45, 7) is 0. The van der Waals surface area contributed by atoms with Gasteiger partial charge < -0.3 is 14.6 Å². The van der Waals surface area contributed by atoms with Crippen molar-refractivity contribution in [1.29, 1.82) is 0 Å². The molecule has 0 aliphatic carbocycles. The maximum Gasteiger partial charge on any atom is 1.00 e. The molecule has 5 nitrogen and oxygen atoms in total. The van der Waals surface area contributed by atoms with Gasteiger partial charge in [-0.1, -0.05) is 12.1 Å². The van der Waals surface area contributed by atoms with Gasteiger partial charge in [-0.3, -0.25) is 0 Å². The van der Waals surface area contributed by atoms with E-state index in [1.54, 1.807) is 0 Å². The molecule has 0 fully saturated rings. The second-order valence-electron chi connectivity index (χ2n) is 2.95. The van der Waals surface area contributed by atoms with Crippen LogP contribution in [0.5, 0.6) is 5.75 Å². The first-order chi connectivity index (χ1) is 7.08. The van der Waals surface area contributed by atoms with Gasteiger partial charge in [0.15, 0.2) is 0 Å². The number of fused-ring (bicyclic) bond motifs is 1. The average Bonchev–Trinajstić information content (AvgIpc) is 2.17. The third-order valence-corrected chi connectivity index (χ3v) is 1.93. The minimum Gasteiger partial charge on any atom is -0.872 e. The van der Waals surface area contributed by atoms with Crippen LogP contribution in [0.15, 0.2) is 33.5 Å². The van der Waals surface area contributed by atoms with Crippen LogP contribution in [-0.2, 0) is 22.4 Å². The van der Waals surface area contributed by atoms with E-state index in [2.05, 4.69) is 0 Å². The molecule has 0 saturated carbocycles. The summed E-state index contributed by atoms with van der Waals surface area (Å²) in [6.07, 6.45) is 0. The first-order valence-electron chi connectivity index (χ1n) is 4.06. The van der Waals surface area contributed by atoms with Gasteiger partial charge in [-0.25, -0.2) is 9.59 Å². The van der Waals surface area contributed by atoms with Gasteiger partial charge in [-0.15, -0.1) is 5.75 Å². The molecule has 1 N–H and O–H groups in total. The Hall–Kier alpha value is -1.56. The fourth-order valence-corrected chi connectivity index (χ4v) is 1.25. The number of hydrogen-bond donors (Lipinski definition) is 1. The third-order valence-electron chi connectivity index (χ3n) is 1.93. The molecular formula is C10H5AgO5. The van der Waals surface area contributed by atoms with E-state index >= 15 is 0 Å². The van der Waals surface area contributed by atoms with Crippen molar-refractivity contribution < 1.29 is 41.8 Å². The van der Waals surface area contributed by atoms with E-state index in [0.29, 0.717) is 5.39 Å². The molecule has 0 aliphatic rings. The van der Waals surface area contributed by atoms with Crippen LogP contribution in [0.1, 0.15) is 10.4 Å². The van der Waals surface area contributed by atoms with Gasteiger partial charge in [0, 0.05) is 5.39 Å². The van der Waals surface area contributed by atoms with Crippen LogP contribution in [-0.4, -0.2) is 11.1 Å². The summed E-state index contributed by atoms with van der Waals surface area (Å²) in [5.74, 6) is -1.64. The molecule has 2 aromatic rings. The van der Waals surface area contributed by atoms with Gasteiger partial charge in [0.05, 0.1) is 0 Å². The van der Waals surface area contributed by atoms with Crippen molar-refractivity contribution >= 4 is 16.9 Å². The number of hydrogen-bond acceptors (Lipinski definition) is 4. The Bertz CT molecular complexity index is 602. The van der Waals surface area contributed by atoms with Gasteiger partial charge in [0.25, 0.3) is 0 Å². The second kappa shape index (κ2) is 4.52. The Morgan fingerprint density at radius 1 is 1.31 bits per heavy atom. The monoisotopic (exact) mass is 312 g/mol. The van der Waals surface area contributed by atoms with Crippen molar-refractivity contribution in [3.8, 4) is 5.75 Å². The molecule has 16 heavy (non-hydrogen) atoms. The SMILES string of the molecule is O=C(O)c1cc2cc([O-])ccc2oc1=O.[Ag+]. The Labute approximate surface area is 105 Å². The number of aromatic carboxylic acids is 1. The van der Waals surface area contributed by atoms with E-state index in [1.165, 1.54) is 18.2 Å². The summed E-state index contributed by atoms with van der Waals surface area (Å²) in [4.78, 5) is 21.7. The van der Waals surface area contributed by atoms with Crippen molar-refractivity contribution in [2.24, 2.45) is 0 Å². The van der Waals surface area contributed by atoms with Gasteiger partial charge in [0.1, 0.15) is 11.1 Å². The van der Waals surface area contributed by atoms with E-state index in [4.69, 9.17) is 9.52 Å². The Kier molecular flexibility index (Phi) is 3.54. The van der Waals surface area contributed by atoms with Crippen LogP contribution in [0.25, 0.3) is 11.0 Å². The van der Waals surface area contributed by atoms with E-state index < -0.39 is 17.2 Å². The predicted octanol–water partition coefficient (Wildman–Crippen LogP) is 0.562. The van der Waals surface area contributed by atoms with E-state index in [1.807, 2.05) is 0 Å². The molecule has 0 amide bonds. The van der Waals surface area contributed by atoms with E-state index in [-0.39, 0.29) is 33.7 Å². The number of carboxylic acids is 1. The predicted molar refractivity (Wildman–Crippen MR) is 48.9 cm³/mol. The Morgan fingerprint density at radius 2 is 2.00 bits per heavy atom. The molecule has 0 aliphatic heterocycles. The van der Waals surface area contributed by atoms with Crippen molar-refractivity contribution in [1.82, 2.24) is 0 Å². The molecule has 0 unspecified atom stereocenters. The van der Waals surface area contributed by atoms with E-state index in [9.17, 15) is 14.7 Å². The zero-order valence-corrected chi connectivity index (χ0v) is 9.17. The molecule has 1 aromatic carbocycles. The van der Waals surface area contributed by atoms with Crippen LogP contribution < -0.4 is 10.7 Å². The molecule has 0 bridgehead atoms. The smallest absolute Gasteiger partial charge is 0.872 e. The van der Waals surface area contributed by atoms with Crippen LogP contribution in [0.3, 0.4) is 0 Å². The Balaban J connectivity index is 0.00000128. The number of rotatable bonds is 1. The Morgan fingerprint density at radius 3 is 2.62 bits per heavy atom. The van der Waals surface area contributed by atoms with Crippen molar-refractivity contribution in [2.75, 3.05) is 0 Å². The van der Waals surface area contributed by atoms with E-state index in [0.717, 1.165) is 6.07 Å². The third kappa shape index (κ3) is 2.16. The molecule has 2 rings (SSSR count). The first-order valence-corrected chi connectivity index (χ1v) is 4.06. The van der Waals surface area contributed by atoms with Crippen molar-refractivity contribution in [3.63, 3.8) is 0 Å². The van der Waals surface area contributed by atoms with Gasteiger partial charge in [0.2, 0.25) is 0 Å². The zero-order chi connectivity index (χ0) is 11.0. The standard InChI is InChI=1S/C10H6O5.Ag/c11-6-1-2-8-5(3-6)4-7(9(12)13)10(14)15-8;/h1-4,11H,(H,12,13);/q;+1/p-1. The van der Waals surface area contributed by atoms with Gasteiger partial charge in [-0.05, 0) is 12.1 Å². The molecule has 1 heterocycles. The first kappa shape index (κ1) is 12.5. The van der Waals surface area contributed by atoms with Crippen LogP contribution in [0.2, 0.25) is 0 Å². The van der Waals surface area contributed by atoms with Crippen molar-refractivity contribution in [3.05, 3.63) is 40.2 Å². The summed E-state index contributed by atoms with van der Waals surface area (Å²) in [5.41, 5.74) is -1.20. The number of carboxylic acid groups (broad SMARTS) is 1. The van der Waals surface area contributed by atoms with Gasteiger partial charge >= 0.3 is 34.0 Å². The molecule has 6 heteroatoms. The molecule has 0 atom stereocenters. The molecule has 1 aromatic heterocycles. The van der Waals surface area contributed by atoms with Crippen molar-refractivity contribution in [2.45, 2.75) is 0 Å². The molecular weight excluding hydrogens is 308 g/mol.